The maximum absolute atomic E-state index is 14.2. The molecule has 5 aromatic carbocycles. The molecule has 3 N–H and O–H groups in total. The van der Waals surface area contributed by atoms with E-state index < -0.39 is 24.1 Å². The average Bonchev–Trinajstić information content (AvgIpc) is 3.89. The summed E-state index contributed by atoms with van der Waals surface area (Å²) in [5.41, 5.74) is 8.16. The molecule has 0 saturated heterocycles. The molecule has 0 fully saturated rings. The van der Waals surface area contributed by atoms with Crippen LogP contribution in [0.5, 0.6) is 23.0 Å². The number of nitrogens with zero attached hydrogens (tertiary/aromatic N) is 2. The Morgan fingerprint density at radius 1 is 0.703 bits per heavy atom. The van der Waals surface area contributed by atoms with E-state index in [4.69, 9.17) is 18.9 Å². The van der Waals surface area contributed by atoms with Crippen LogP contribution >= 0.6 is 0 Å². The van der Waals surface area contributed by atoms with Gasteiger partial charge >= 0.3 is 0 Å². The summed E-state index contributed by atoms with van der Waals surface area (Å²) >= 11 is 0. The molecule has 1 unspecified atom stereocenters. The van der Waals surface area contributed by atoms with Gasteiger partial charge in [0.15, 0.2) is 28.8 Å². The van der Waals surface area contributed by atoms with Gasteiger partial charge in [0.05, 0.1) is 32.4 Å². The lowest BCUT2D eigenvalue weighted by Gasteiger charge is -2.26. The molecule has 4 heterocycles. The fraction of sp³-hybridized carbons (Fsp3) is 0.417. The summed E-state index contributed by atoms with van der Waals surface area (Å²) in [7, 11) is 3.05. The zero-order valence-corrected chi connectivity index (χ0v) is 43.7. The summed E-state index contributed by atoms with van der Waals surface area (Å²) in [5.74, 6) is -0.430. The summed E-state index contributed by atoms with van der Waals surface area (Å²) in [6, 6.07) is 27.3. The van der Waals surface area contributed by atoms with Crippen molar-refractivity contribution in [1.82, 2.24) is 5.32 Å². The quantitative estimate of drug-likeness (QED) is 0.0815. The van der Waals surface area contributed by atoms with Gasteiger partial charge in [-0.25, -0.2) is 0 Å². The van der Waals surface area contributed by atoms with Crippen molar-refractivity contribution < 1.29 is 48.0 Å². The zero-order valence-electron chi connectivity index (χ0n) is 43.7. The highest BCUT2D eigenvalue weighted by Gasteiger charge is 2.42. The molecule has 0 aliphatic carbocycles. The SMILES string of the molecule is COc1cc2c(cc1OCc1cc(COc3cc4c(cc3OC)C(=O)N3c5ccccc5C[C@H]3C(O)C4)cc(NC(=O)[C@H](C)CC(=O)[C@@H](NC(=O)CCC(C)(C)C)C(C)C)c1)CC[C@@H]1Cc3ccccc3N1C2=O. The Kier molecular flexibility index (Phi) is 14.9. The van der Waals surface area contributed by atoms with Crippen molar-refractivity contribution >= 4 is 46.5 Å². The number of methoxy groups -OCH3 is 2. The second kappa shape index (κ2) is 21.3. The first-order valence-electron chi connectivity index (χ1n) is 25.8. The molecule has 388 valence electrons. The van der Waals surface area contributed by atoms with Gasteiger partial charge in [-0.15, -0.1) is 0 Å². The van der Waals surface area contributed by atoms with Crippen molar-refractivity contribution in [2.24, 2.45) is 17.3 Å². The van der Waals surface area contributed by atoms with Crippen LogP contribution in [0, 0.1) is 17.3 Å². The second-order valence-corrected chi connectivity index (χ2v) is 21.9. The van der Waals surface area contributed by atoms with E-state index in [0.29, 0.717) is 82.2 Å². The zero-order chi connectivity index (χ0) is 52.6. The number of carbonyl (C=O) groups excluding carboxylic acids is 5. The van der Waals surface area contributed by atoms with Crippen LogP contribution in [-0.2, 0) is 53.3 Å². The van der Waals surface area contributed by atoms with Gasteiger partial charge in [0, 0.05) is 59.4 Å². The minimum atomic E-state index is -0.823. The van der Waals surface area contributed by atoms with Crippen molar-refractivity contribution in [2.75, 3.05) is 29.3 Å². The fourth-order valence-corrected chi connectivity index (χ4v) is 10.9. The van der Waals surface area contributed by atoms with Crippen molar-refractivity contribution in [3.05, 3.63) is 136 Å². The molecule has 0 saturated carbocycles. The maximum Gasteiger partial charge on any atom is 0.259 e. The van der Waals surface area contributed by atoms with Gasteiger partial charge in [-0.2, -0.15) is 0 Å². The Balaban J connectivity index is 0.964. The van der Waals surface area contributed by atoms with Gasteiger partial charge in [0.25, 0.3) is 11.8 Å². The first-order chi connectivity index (χ1) is 35.4. The predicted molar refractivity (Wildman–Crippen MR) is 283 cm³/mol. The van der Waals surface area contributed by atoms with E-state index in [-0.39, 0.29) is 72.8 Å². The molecule has 14 heteroatoms. The van der Waals surface area contributed by atoms with E-state index in [0.717, 1.165) is 35.3 Å². The second-order valence-electron chi connectivity index (χ2n) is 21.9. The van der Waals surface area contributed by atoms with Crippen molar-refractivity contribution in [3.8, 4) is 23.0 Å². The van der Waals surface area contributed by atoms with Gasteiger partial charge in [-0.1, -0.05) is 77.9 Å². The van der Waals surface area contributed by atoms with Crippen LogP contribution < -0.4 is 39.4 Å². The minimum Gasteiger partial charge on any atom is -0.493 e. The van der Waals surface area contributed by atoms with Gasteiger partial charge in [-0.3, -0.25) is 24.0 Å². The number of Topliss-reactive ketones (excluding diaryl/α,β-unsaturated/α-hetero) is 1. The summed E-state index contributed by atoms with van der Waals surface area (Å²) in [4.78, 5) is 72.6. The number of hydrogen-bond donors (Lipinski definition) is 3. The van der Waals surface area contributed by atoms with Crippen LogP contribution in [0.2, 0.25) is 0 Å². The van der Waals surface area contributed by atoms with Crippen LogP contribution in [-0.4, -0.2) is 73.0 Å². The van der Waals surface area contributed by atoms with E-state index in [1.165, 1.54) is 12.7 Å². The molecule has 5 aromatic rings. The number of aryl methyl sites for hydroxylation is 1. The number of aliphatic hydroxyl groups is 1. The third-order valence-electron chi connectivity index (χ3n) is 14.9. The van der Waals surface area contributed by atoms with E-state index in [9.17, 15) is 29.1 Å². The number of para-hydroxylation sites is 2. The summed E-state index contributed by atoms with van der Waals surface area (Å²) in [5, 5.41) is 17.5. The smallest absolute Gasteiger partial charge is 0.259 e. The molecular formula is C60H68N4O10. The first kappa shape index (κ1) is 51.7. The van der Waals surface area contributed by atoms with Gasteiger partial charge in [-0.05, 0) is 131 Å². The number of anilines is 3. The van der Waals surface area contributed by atoms with Crippen LogP contribution in [0.1, 0.15) is 121 Å². The highest BCUT2D eigenvalue weighted by atomic mass is 16.5. The van der Waals surface area contributed by atoms with E-state index in [2.05, 4.69) is 37.5 Å². The summed E-state index contributed by atoms with van der Waals surface area (Å²) in [6.07, 6.45) is 3.11. The maximum atomic E-state index is 14.2. The Labute approximate surface area is 433 Å². The molecule has 4 aliphatic heterocycles. The Hall–Kier alpha value is -7.19. The monoisotopic (exact) mass is 1000 g/mol. The van der Waals surface area contributed by atoms with Crippen molar-refractivity contribution in [2.45, 2.75) is 130 Å². The minimum absolute atomic E-state index is 0.00851. The van der Waals surface area contributed by atoms with Crippen LogP contribution in [0.4, 0.5) is 17.1 Å². The standard InChI is InChI=1S/C60H68N4O10/c1-34(2)56(62-55(67)19-20-60(4,5)6)50(66)21-35(3)57(68)61-42-23-36(32-73-53-28-38-17-18-43-25-39-13-9-11-15-46(39)63(43)58(69)44(38)30-51(53)71-7)22-37(24-42)33-74-54-29-41-27-49(65)48-26-40-14-10-12-16-47(40)64(48)59(70)45(41)31-52(54)72-8/h9-16,22-24,28-31,34-35,43,48-49,56,65H,17-21,25-27,32-33H2,1-8H3,(H,61,68)(H,62,67)/t35-,43-,48+,49?,56+/m1/s1. The van der Waals surface area contributed by atoms with Crippen LogP contribution in [0.15, 0.2) is 91.0 Å². The average molecular weight is 1010 g/mol. The molecule has 5 atom stereocenters. The number of ether oxygens (including phenoxy) is 4. The van der Waals surface area contributed by atoms with Crippen molar-refractivity contribution in [3.63, 3.8) is 0 Å². The first-order valence-corrected chi connectivity index (χ1v) is 25.8. The van der Waals surface area contributed by atoms with E-state index in [1.807, 2.05) is 73.3 Å². The number of amides is 4. The number of rotatable bonds is 17. The number of carbonyl (C=O) groups is 5. The summed E-state index contributed by atoms with van der Waals surface area (Å²) < 4.78 is 24.7. The Morgan fingerprint density at radius 2 is 1.27 bits per heavy atom. The molecule has 4 amide bonds. The highest BCUT2D eigenvalue weighted by Crippen LogP contribution is 2.43. The number of aliphatic hydroxyl groups excluding tert-OH is 1. The number of benzene rings is 5. The Bertz CT molecular complexity index is 3000. The molecule has 4 aliphatic rings. The number of hydrogen-bond acceptors (Lipinski definition) is 10. The number of nitrogens with one attached hydrogen (secondary N) is 2. The lowest BCUT2D eigenvalue weighted by molar-refractivity contribution is -0.131. The van der Waals surface area contributed by atoms with E-state index >= 15 is 0 Å². The van der Waals surface area contributed by atoms with E-state index in [1.54, 1.807) is 49.3 Å². The number of ketones is 1. The fourth-order valence-electron chi connectivity index (χ4n) is 10.9. The molecule has 0 radical (unpaired) electrons. The largest absolute Gasteiger partial charge is 0.493 e. The third-order valence-corrected chi connectivity index (χ3v) is 14.9. The highest BCUT2D eigenvalue weighted by molar-refractivity contribution is 6.10. The lowest BCUT2D eigenvalue weighted by atomic mass is 9.89. The van der Waals surface area contributed by atoms with Gasteiger partial charge < -0.3 is 44.5 Å². The molecule has 9 rings (SSSR count). The number of fused-ring (bicyclic) bond motifs is 8. The molecule has 14 nitrogen and oxygen atoms in total. The molecular weight excluding hydrogens is 937 g/mol. The molecule has 0 bridgehead atoms. The van der Waals surface area contributed by atoms with Crippen molar-refractivity contribution in [1.29, 1.82) is 0 Å². The lowest BCUT2D eigenvalue weighted by Crippen LogP contribution is -2.45. The van der Waals surface area contributed by atoms with Crippen LogP contribution in [0.3, 0.4) is 0 Å². The molecule has 0 aromatic heterocycles. The topological polar surface area (TPSA) is 173 Å². The normalized spacial score (nSPS) is 18.4. The predicted octanol–water partition coefficient (Wildman–Crippen LogP) is 9.37. The molecule has 74 heavy (non-hydrogen) atoms. The molecule has 0 spiro atoms. The Morgan fingerprint density at radius 3 is 1.88 bits per heavy atom. The van der Waals surface area contributed by atoms with Gasteiger partial charge in [0.1, 0.15) is 13.2 Å². The third kappa shape index (κ3) is 10.9. The summed E-state index contributed by atoms with van der Waals surface area (Å²) in [6.45, 7) is 11.7. The van der Waals surface area contributed by atoms with Crippen LogP contribution in [0.25, 0.3) is 0 Å². The van der Waals surface area contributed by atoms with Gasteiger partial charge in [0.2, 0.25) is 11.8 Å².